The number of methoxy groups -OCH3 is 1. The monoisotopic (exact) mass is 260 g/mol. The van der Waals surface area contributed by atoms with Gasteiger partial charge in [0.1, 0.15) is 0 Å². The normalized spacial score (nSPS) is 12.6. The fraction of sp³-hybridized carbons (Fsp3) is 0.400. The lowest BCUT2D eigenvalue weighted by atomic mass is 10.1. The number of ether oxygens (including phenoxy) is 1. The maximum Gasteiger partial charge on any atom is 0.256 e. The summed E-state index contributed by atoms with van der Waals surface area (Å²) in [5, 5.41) is 1.06. The van der Waals surface area contributed by atoms with E-state index in [1.54, 1.807) is 7.11 Å². The smallest absolute Gasteiger partial charge is 0.256 e. The minimum atomic E-state index is 0.0418. The standard InChI is InChI=1S/C15H20N2O2/c1-4-17(11(2)10-19-3)15(18)13-7-5-6-12-8-9-16-14(12)13/h5-9,11,16H,4,10H2,1-3H3. The number of benzene rings is 1. The van der Waals surface area contributed by atoms with Crippen LogP contribution in [0.4, 0.5) is 0 Å². The Hall–Kier alpha value is -1.81. The summed E-state index contributed by atoms with van der Waals surface area (Å²) in [6.45, 7) is 5.19. The number of fused-ring (bicyclic) bond motifs is 1. The summed E-state index contributed by atoms with van der Waals surface area (Å²) < 4.78 is 5.14. The lowest BCUT2D eigenvalue weighted by Crippen LogP contribution is -2.41. The Labute approximate surface area is 113 Å². The molecule has 0 saturated carbocycles. The number of para-hydroxylation sites is 1. The van der Waals surface area contributed by atoms with Gasteiger partial charge >= 0.3 is 0 Å². The number of amides is 1. The highest BCUT2D eigenvalue weighted by molar-refractivity contribution is 6.05. The Kier molecular flexibility index (Phi) is 4.22. The Bertz CT molecular complexity index is 562. The van der Waals surface area contributed by atoms with Crippen LogP contribution in [0.2, 0.25) is 0 Å². The minimum Gasteiger partial charge on any atom is -0.383 e. The summed E-state index contributed by atoms with van der Waals surface area (Å²) in [4.78, 5) is 17.6. The molecule has 1 aromatic heterocycles. The van der Waals surface area contributed by atoms with E-state index in [1.165, 1.54) is 0 Å². The van der Waals surface area contributed by atoms with Crippen LogP contribution >= 0.6 is 0 Å². The molecule has 0 fully saturated rings. The average Bonchev–Trinajstić information content (AvgIpc) is 2.87. The number of aromatic amines is 1. The van der Waals surface area contributed by atoms with E-state index >= 15 is 0 Å². The second-order valence-electron chi connectivity index (χ2n) is 4.64. The van der Waals surface area contributed by atoms with Gasteiger partial charge in [-0.1, -0.05) is 12.1 Å². The molecule has 0 spiro atoms. The number of hydrogen-bond acceptors (Lipinski definition) is 2. The van der Waals surface area contributed by atoms with Crippen molar-refractivity contribution in [2.24, 2.45) is 0 Å². The number of carbonyl (C=O) groups excluding carboxylic acids is 1. The molecule has 0 bridgehead atoms. The molecule has 102 valence electrons. The number of carbonyl (C=O) groups is 1. The second-order valence-corrected chi connectivity index (χ2v) is 4.64. The zero-order valence-electron chi connectivity index (χ0n) is 11.6. The molecule has 4 heteroatoms. The number of nitrogens with zero attached hydrogens (tertiary/aromatic N) is 1. The van der Waals surface area contributed by atoms with Crippen molar-refractivity contribution in [3.63, 3.8) is 0 Å². The van der Waals surface area contributed by atoms with Gasteiger partial charge in [-0.25, -0.2) is 0 Å². The molecule has 1 unspecified atom stereocenters. The summed E-state index contributed by atoms with van der Waals surface area (Å²) in [5.41, 5.74) is 1.61. The van der Waals surface area contributed by atoms with Crippen LogP contribution in [0.3, 0.4) is 0 Å². The fourth-order valence-corrected chi connectivity index (χ4v) is 2.40. The van der Waals surface area contributed by atoms with Gasteiger partial charge in [0.05, 0.1) is 23.7 Å². The second kappa shape index (κ2) is 5.89. The number of nitrogens with one attached hydrogen (secondary N) is 1. The topological polar surface area (TPSA) is 45.3 Å². The molecule has 19 heavy (non-hydrogen) atoms. The Morgan fingerprint density at radius 2 is 2.21 bits per heavy atom. The van der Waals surface area contributed by atoms with E-state index in [0.29, 0.717) is 18.7 Å². The van der Waals surface area contributed by atoms with Crippen LogP contribution in [0.15, 0.2) is 30.5 Å². The highest BCUT2D eigenvalue weighted by Crippen LogP contribution is 2.19. The molecule has 0 aliphatic heterocycles. The van der Waals surface area contributed by atoms with Gasteiger partial charge in [-0.15, -0.1) is 0 Å². The SMILES string of the molecule is CCN(C(=O)c1cccc2cc[nH]c12)C(C)COC. The van der Waals surface area contributed by atoms with Crippen molar-refractivity contribution >= 4 is 16.8 Å². The van der Waals surface area contributed by atoms with Crippen molar-refractivity contribution in [3.05, 3.63) is 36.0 Å². The summed E-state index contributed by atoms with van der Waals surface area (Å²) in [6.07, 6.45) is 1.86. The van der Waals surface area contributed by atoms with Gasteiger partial charge < -0.3 is 14.6 Å². The highest BCUT2D eigenvalue weighted by Gasteiger charge is 2.21. The summed E-state index contributed by atoms with van der Waals surface area (Å²) in [7, 11) is 1.65. The third-order valence-corrected chi connectivity index (χ3v) is 3.36. The number of H-pyrrole nitrogens is 1. The Morgan fingerprint density at radius 1 is 1.42 bits per heavy atom. The van der Waals surface area contributed by atoms with E-state index in [0.717, 1.165) is 10.9 Å². The molecular formula is C15H20N2O2. The number of rotatable bonds is 5. The van der Waals surface area contributed by atoms with Crippen molar-refractivity contribution in [1.29, 1.82) is 0 Å². The van der Waals surface area contributed by atoms with E-state index in [1.807, 2.05) is 49.2 Å². The van der Waals surface area contributed by atoms with Crippen molar-refractivity contribution in [2.75, 3.05) is 20.3 Å². The Balaban J connectivity index is 2.34. The molecule has 1 heterocycles. The summed E-state index contributed by atoms with van der Waals surface area (Å²) in [6, 6.07) is 7.81. The third kappa shape index (κ3) is 2.63. The van der Waals surface area contributed by atoms with E-state index in [2.05, 4.69) is 4.98 Å². The first-order valence-electron chi connectivity index (χ1n) is 6.55. The molecule has 1 aromatic carbocycles. The maximum absolute atomic E-state index is 12.7. The quantitative estimate of drug-likeness (QED) is 0.898. The zero-order chi connectivity index (χ0) is 13.8. The van der Waals surface area contributed by atoms with Crippen LogP contribution in [0, 0.1) is 0 Å². The molecule has 0 saturated heterocycles. The van der Waals surface area contributed by atoms with Gasteiger partial charge in [0, 0.05) is 25.2 Å². The molecule has 1 amide bonds. The third-order valence-electron chi connectivity index (χ3n) is 3.36. The number of likely N-dealkylation sites (N-methyl/N-ethyl adjacent to an activating group) is 1. The van der Waals surface area contributed by atoms with Gasteiger partial charge in [0.15, 0.2) is 0 Å². The summed E-state index contributed by atoms with van der Waals surface area (Å²) in [5.74, 6) is 0.0418. The lowest BCUT2D eigenvalue weighted by Gasteiger charge is -2.27. The first-order valence-corrected chi connectivity index (χ1v) is 6.55. The van der Waals surface area contributed by atoms with Crippen LogP contribution in [-0.4, -0.2) is 42.1 Å². The lowest BCUT2D eigenvalue weighted by molar-refractivity contribution is 0.0581. The van der Waals surface area contributed by atoms with Crippen molar-refractivity contribution < 1.29 is 9.53 Å². The van der Waals surface area contributed by atoms with Crippen LogP contribution in [0.25, 0.3) is 10.9 Å². The zero-order valence-corrected chi connectivity index (χ0v) is 11.6. The average molecular weight is 260 g/mol. The molecular weight excluding hydrogens is 240 g/mol. The van der Waals surface area contributed by atoms with E-state index in [-0.39, 0.29) is 11.9 Å². The molecule has 0 aliphatic carbocycles. The van der Waals surface area contributed by atoms with Crippen LogP contribution in [0.1, 0.15) is 24.2 Å². The molecule has 0 radical (unpaired) electrons. The van der Waals surface area contributed by atoms with Gasteiger partial charge in [-0.3, -0.25) is 4.79 Å². The molecule has 1 atom stereocenters. The van der Waals surface area contributed by atoms with Gasteiger partial charge in [0.25, 0.3) is 5.91 Å². The summed E-state index contributed by atoms with van der Waals surface area (Å²) >= 11 is 0. The largest absolute Gasteiger partial charge is 0.383 e. The minimum absolute atomic E-state index is 0.0418. The van der Waals surface area contributed by atoms with E-state index in [4.69, 9.17) is 4.74 Å². The molecule has 1 N–H and O–H groups in total. The number of hydrogen-bond donors (Lipinski definition) is 1. The van der Waals surface area contributed by atoms with Gasteiger partial charge in [0.2, 0.25) is 0 Å². The van der Waals surface area contributed by atoms with E-state index in [9.17, 15) is 4.79 Å². The van der Waals surface area contributed by atoms with Crippen molar-refractivity contribution in [1.82, 2.24) is 9.88 Å². The highest BCUT2D eigenvalue weighted by atomic mass is 16.5. The van der Waals surface area contributed by atoms with Crippen LogP contribution in [-0.2, 0) is 4.74 Å². The fourth-order valence-electron chi connectivity index (χ4n) is 2.40. The predicted octanol–water partition coefficient (Wildman–Crippen LogP) is 2.66. The molecule has 2 aromatic rings. The van der Waals surface area contributed by atoms with Crippen LogP contribution < -0.4 is 0 Å². The van der Waals surface area contributed by atoms with Crippen molar-refractivity contribution in [2.45, 2.75) is 19.9 Å². The van der Waals surface area contributed by atoms with Gasteiger partial charge in [-0.2, -0.15) is 0 Å². The molecule has 4 nitrogen and oxygen atoms in total. The first kappa shape index (κ1) is 13.6. The number of aromatic nitrogens is 1. The van der Waals surface area contributed by atoms with Gasteiger partial charge in [-0.05, 0) is 26.0 Å². The maximum atomic E-state index is 12.7. The predicted molar refractivity (Wildman–Crippen MR) is 76.3 cm³/mol. The molecule has 2 rings (SSSR count). The molecule has 0 aliphatic rings. The van der Waals surface area contributed by atoms with E-state index < -0.39 is 0 Å². The van der Waals surface area contributed by atoms with Crippen LogP contribution in [0.5, 0.6) is 0 Å². The van der Waals surface area contributed by atoms with Crippen molar-refractivity contribution in [3.8, 4) is 0 Å². The first-order chi connectivity index (χ1) is 9.19. The Morgan fingerprint density at radius 3 is 2.89 bits per heavy atom.